The molecule has 0 aliphatic rings. The van der Waals surface area contributed by atoms with Crippen molar-refractivity contribution in [2.45, 2.75) is 6.54 Å². The van der Waals surface area contributed by atoms with Crippen LogP contribution in [0, 0.1) is 0 Å². The van der Waals surface area contributed by atoms with Gasteiger partial charge in [-0.05, 0) is 29.8 Å². The van der Waals surface area contributed by atoms with Crippen LogP contribution in [0.15, 0.2) is 73.3 Å². The lowest BCUT2D eigenvalue weighted by Crippen LogP contribution is -2.20. The molecule has 0 aliphatic carbocycles. The Morgan fingerprint density at radius 2 is 1.82 bits per heavy atom. The van der Waals surface area contributed by atoms with E-state index in [1.165, 1.54) is 5.56 Å². The van der Waals surface area contributed by atoms with E-state index >= 15 is 0 Å². The molecule has 0 unspecified atom stereocenters. The van der Waals surface area contributed by atoms with Crippen LogP contribution in [0.3, 0.4) is 0 Å². The molecule has 0 bridgehead atoms. The summed E-state index contributed by atoms with van der Waals surface area (Å²) in [5, 5.41) is 3.37. The molecule has 1 N–H and O–H groups in total. The Balaban J connectivity index is 1.40. The van der Waals surface area contributed by atoms with Gasteiger partial charge in [0.15, 0.2) is 0 Å². The average molecular weight is 293 g/mol. The summed E-state index contributed by atoms with van der Waals surface area (Å²) in [5.41, 5.74) is 2.36. The van der Waals surface area contributed by atoms with E-state index in [0.717, 1.165) is 24.5 Å². The zero-order chi connectivity index (χ0) is 15.0. The second kappa shape index (κ2) is 7.43. The van der Waals surface area contributed by atoms with Crippen molar-refractivity contribution in [3.05, 3.63) is 78.9 Å². The minimum absolute atomic E-state index is 0.650. The van der Waals surface area contributed by atoms with Crippen LogP contribution in [0.25, 0.3) is 5.69 Å². The lowest BCUT2D eigenvalue weighted by molar-refractivity contribution is 0.313. The zero-order valence-electron chi connectivity index (χ0n) is 12.4. The van der Waals surface area contributed by atoms with E-state index in [2.05, 4.69) is 34.6 Å². The molecular weight excluding hydrogens is 274 g/mol. The second-order valence-electron chi connectivity index (χ2n) is 4.97. The van der Waals surface area contributed by atoms with Gasteiger partial charge in [0.1, 0.15) is 12.4 Å². The Morgan fingerprint density at radius 3 is 2.55 bits per heavy atom. The van der Waals surface area contributed by atoms with E-state index in [-0.39, 0.29) is 0 Å². The Hall–Kier alpha value is -2.59. The highest BCUT2D eigenvalue weighted by atomic mass is 16.5. The minimum Gasteiger partial charge on any atom is -0.492 e. The van der Waals surface area contributed by atoms with Crippen molar-refractivity contribution < 1.29 is 4.74 Å². The number of benzene rings is 2. The number of ether oxygens (including phenoxy) is 1. The maximum atomic E-state index is 5.73. The first kappa shape index (κ1) is 14.4. The maximum absolute atomic E-state index is 5.73. The molecule has 3 aromatic rings. The fraction of sp³-hybridized carbons (Fsp3) is 0.167. The van der Waals surface area contributed by atoms with Crippen LogP contribution in [0.1, 0.15) is 5.56 Å². The van der Waals surface area contributed by atoms with Crippen LogP contribution < -0.4 is 10.1 Å². The van der Waals surface area contributed by atoms with Gasteiger partial charge in [-0.1, -0.05) is 30.3 Å². The Kier molecular flexibility index (Phi) is 4.85. The van der Waals surface area contributed by atoms with Crippen molar-refractivity contribution in [1.82, 2.24) is 14.9 Å². The lowest BCUT2D eigenvalue weighted by atomic mass is 10.2. The molecule has 3 rings (SSSR count). The Bertz CT molecular complexity index is 663. The number of nitrogens with one attached hydrogen (secondary N) is 1. The first-order valence-corrected chi connectivity index (χ1v) is 7.38. The van der Waals surface area contributed by atoms with E-state index in [1.807, 2.05) is 41.1 Å². The number of nitrogens with zero attached hydrogens (tertiary/aromatic N) is 2. The van der Waals surface area contributed by atoms with Gasteiger partial charge in [-0.15, -0.1) is 0 Å². The zero-order valence-corrected chi connectivity index (χ0v) is 12.4. The Morgan fingerprint density at radius 1 is 1.00 bits per heavy atom. The number of hydrogen-bond acceptors (Lipinski definition) is 3. The van der Waals surface area contributed by atoms with Crippen LogP contribution >= 0.6 is 0 Å². The lowest BCUT2D eigenvalue weighted by Gasteiger charge is -2.09. The van der Waals surface area contributed by atoms with E-state index in [0.29, 0.717) is 6.61 Å². The SMILES string of the molecule is c1ccc(CNCCOc2ccc(-n3ccnc3)cc2)cc1. The van der Waals surface area contributed by atoms with Crippen molar-refractivity contribution in [2.75, 3.05) is 13.2 Å². The summed E-state index contributed by atoms with van der Waals surface area (Å²) in [7, 11) is 0. The predicted molar refractivity (Wildman–Crippen MR) is 87.2 cm³/mol. The molecule has 4 heteroatoms. The smallest absolute Gasteiger partial charge is 0.119 e. The van der Waals surface area contributed by atoms with E-state index < -0.39 is 0 Å². The molecule has 0 spiro atoms. The molecule has 0 aliphatic heterocycles. The quantitative estimate of drug-likeness (QED) is 0.681. The Labute approximate surface area is 130 Å². The molecule has 0 saturated carbocycles. The maximum Gasteiger partial charge on any atom is 0.119 e. The van der Waals surface area contributed by atoms with Crippen LogP contribution in [-0.2, 0) is 6.54 Å². The molecule has 0 radical (unpaired) electrons. The van der Waals surface area contributed by atoms with Crippen molar-refractivity contribution in [3.8, 4) is 11.4 Å². The van der Waals surface area contributed by atoms with Gasteiger partial charge in [0.25, 0.3) is 0 Å². The largest absolute Gasteiger partial charge is 0.492 e. The molecule has 22 heavy (non-hydrogen) atoms. The summed E-state index contributed by atoms with van der Waals surface area (Å²) in [4.78, 5) is 4.04. The van der Waals surface area contributed by atoms with E-state index in [9.17, 15) is 0 Å². The van der Waals surface area contributed by atoms with Gasteiger partial charge < -0.3 is 14.6 Å². The number of hydrogen-bond donors (Lipinski definition) is 1. The van der Waals surface area contributed by atoms with E-state index in [4.69, 9.17) is 4.74 Å². The summed E-state index contributed by atoms with van der Waals surface area (Å²) in [5.74, 6) is 0.880. The first-order valence-electron chi connectivity index (χ1n) is 7.38. The van der Waals surface area contributed by atoms with Gasteiger partial charge in [-0.25, -0.2) is 4.98 Å². The first-order chi connectivity index (χ1) is 10.9. The highest BCUT2D eigenvalue weighted by molar-refractivity contribution is 5.37. The standard InChI is InChI=1S/C18H19N3O/c1-2-4-16(5-3-1)14-19-11-13-22-18-8-6-17(7-9-18)21-12-10-20-15-21/h1-10,12,15,19H,11,13-14H2. The summed E-state index contributed by atoms with van der Waals surface area (Å²) in [6.07, 6.45) is 5.47. The number of aromatic nitrogens is 2. The molecular formula is C18H19N3O. The molecule has 1 aromatic heterocycles. The molecule has 112 valence electrons. The van der Waals surface area contributed by atoms with Crippen molar-refractivity contribution in [2.24, 2.45) is 0 Å². The molecule has 0 amide bonds. The molecule has 2 aromatic carbocycles. The monoisotopic (exact) mass is 293 g/mol. The molecule has 4 nitrogen and oxygen atoms in total. The van der Waals surface area contributed by atoms with Crippen LogP contribution in [0.5, 0.6) is 5.75 Å². The molecule has 0 saturated heterocycles. The number of imidazole rings is 1. The summed E-state index contributed by atoms with van der Waals surface area (Å²) < 4.78 is 7.69. The van der Waals surface area contributed by atoms with Crippen molar-refractivity contribution in [1.29, 1.82) is 0 Å². The van der Waals surface area contributed by atoms with Crippen LogP contribution in [0.4, 0.5) is 0 Å². The third-order valence-corrected chi connectivity index (χ3v) is 3.36. The van der Waals surface area contributed by atoms with Gasteiger partial charge in [0.2, 0.25) is 0 Å². The minimum atomic E-state index is 0.650. The summed E-state index contributed by atoms with van der Waals surface area (Å²) >= 11 is 0. The van der Waals surface area contributed by atoms with Gasteiger partial charge in [0.05, 0.1) is 6.33 Å². The van der Waals surface area contributed by atoms with Gasteiger partial charge in [-0.2, -0.15) is 0 Å². The highest BCUT2D eigenvalue weighted by Gasteiger charge is 1.97. The third kappa shape index (κ3) is 3.96. The highest BCUT2D eigenvalue weighted by Crippen LogP contribution is 2.14. The van der Waals surface area contributed by atoms with Crippen LogP contribution in [-0.4, -0.2) is 22.7 Å². The third-order valence-electron chi connectivity index (χ3n) is 3.36. The fourth-order valence-electron chi connectivity index (χ4n) is 2.20. The van der Waals surface area contributed by atoms with Gasteiger partial charge >= 0.3 is 0 Å². The molecule has 1 heterocycles. The normalized spacial score (nSPS) is 10.5. The van der Waals surface area contributed by atoms with Gasteiger partial charge in [0, 0.05) is 31.2 Å². The fourth-order valence-corrected chi connectivity index (χ4v) is 2.20. The van der Waals surface area contributed by atoms with E-state index in [1.54, 1.807) is 12.5 Å². The molecule has 0 fully saturated rings. The average Bonchev–Trinajstić information content (AvgIpc) is 3.11. The van der Waals surface area contributed by atoms with Crippen molar-refractivity contribution in [3.63, 3.8) is 0 Å². The topological polar surface area (TPSA) is 39.1 Å². The summed E-state index contributed by atoms with van der Waals surface area (Å²) in [6, 6.07) is 18.4. The number of rotatable bonds is 7. The van der Waals surface area contributed by atoms with Gasteiger partial charge in [-0.3, -0.25) is 0 Å². The van der Waals surface area contributed by atoms with Crippen LogP contribution in [0.2, 0.25) is 0 Å². The van der Waals surface area contributed by atoms with Crippen molar-refractivity contribution >= 4 is 0 Å². The second-order valence-corrected chi connectivity index (χ2v) is 4.97. The summed E-state index contributed by atoms with van der Waals surface area (Å²) in [6.45, 7) is 2.33. The molecule has 0 atom stereocenters. The predicted octanol–water partition coefficient (Wildman–Crippen LogP) is 3.04.